The molecule has 2 aliphatic rings. The van der Waals surface area contributed by atoms with E-state index in [2.05, 4.69) is 38.6 Å². The monoisotopic (exact) mass is 416 g/mol. The second-order valence-electron chi connectivity index (χ2n) is 7.92. The molecule has 0 saturated heterocycles. The number of rotatable bonds is 5. The van der Waals surface area contributed by atoms with Gasteiger partial charge in [-0.3, -0.25) is 0 Å². The highest BCUT2D eigenvalue weighted by molar-refractivity contribution is 5.75. The summed E-state index contributed by atoms with van der Waals surface area (Å²) in [6, 6.07) is 6.44. The van der Waals surface area contributed by atoms with Crippen LogP contribution in [0.25, 0.3) is 11.1 Å². The highest BCUT2D eigenvalue weighted by Gasteiger charge is 2.25. The number of nitriles is 1. The third kappa shape index (κ3) is 4.23. The second-order valence-corrected chi connectivity index (χ2v) is 7.92. The fourth-order valence-electron chi connectivity index (χ4n) is 4.28. The van der Waals surface area contributed by atoms with Gasteiger partial charge in [-0.25, -0.2) is 14.5 Å². The summed E-state index contributed by atoms with van der Waals surface area (Å²) in [5.74, 6) is 1.39. The number of anilines is 1. The Bertz CT molecular complexity index is 1130. The molecule has 1 saturated carbocycles. The van der Waals surface area contributed by atoms with Crippen LogP contribution in [-0.2, 0) is 4.74 Å². The largest absolute Gasteiger partial charge is 0.488 e. The minimum absolute atomic E-state index is 0.0962. The zero-order chi connectivity index (χ0) is 21.0. The standard InChI is InChI=1S/C23H24N6O2/c24-13-18-14-27-29-15-17(16-6-10-30-11-7-16)12-21(22(18)29)31-20-4-2-19(3-5-20)28-23-25-8-1-9-26-23/h1,6,8-9,12,14-15,19-20H,2-5,7,10-11H2,(H,25,26,28). The van der Waals surface area contributed by atoms with Crippen molar-refractivity contribution in [3.63, 3.8) is 0 Å². The first-order chi connectivity index (χ1) is 15.3. The normalized spacial score (nSPS) is 21.3. The average Bonchev–Trinajstić information content (AvgIpc) is 3.25. The summed E-state index contributed by atoms with van der Waals surface area (Å²) in [5.41, 5.74) is 3.55. The molecular formula is C23H24N6O2. The molecule has 4 heterocycles. The molecule has 1 fully saturated rings. The Morgan fingerprint density at radius 2 is 2.03 bits per heavy atom. The third-order valence-corrected chi connectivity index (χ3v) is 5.90. The summed E-state index contributed by atoms with van der Waals surface area (Å²) in [5, 5.41) is 17.3. The quantitative estimate of drug-likeness (QED) is 0.679. The van der Waals surface area contributed by atoms with Crippen LogP contribution in [0, 0.1) is 11.3 Å². The zero-order valence-corrected chi connectivity index (χ0v) is 17.2. The molecule has 1 N–H and O–H groups in total. The van der Waals surface area contributed by atoms with Crippen LogP contribution in [0.15, 0.2) is 43.0 Å². The van der Waals surface area contributed by atoms with Crippen molar-refractivity contribution in [3.8, 4) is 11.8 Å². The van der Waals surface area contributed by atoms with Crippen LogP contribution in [-0.4, -0.2) is 44.9 Å². The molecule has 0 aromatic carbocycles. The van der Waals surface area contributed by atoms with E-state index < -0.39 is 0 Å². The van der Waals surface area contributed by atoms with Crippen molar-refractivity contribution < 1.29 is 9.47 Å². The van der Waals surface area contributed by atoms with Crippen molar-refractivity contribution in [2.75, 3.05) is 18.5 Å². The van der Waals surface area contributed by atoms with Crippen molar-refractivity contribution in [3.05, 3.63) is 54.1 Å². The summed E-state index contributed by atoms with van der Waals surface area (Å²) in [6.45, 7) is 1.33. The van der Waals surface area contributed by atoms with Gasteiger partial charge in [0.15, 0.2) is 0 Å². The Labute approximate surface area is 180 Å². The molecule has 0 spiro atoms. The van der Waals surface area contributed by atoms with Crippen LogP contribution in [0.3, 0.4) is 0 Å². The van der Waals surface area contributed by atoms with Gasteiger partial charge in [-0.1, -0.05) is 6.08 Å². The Morgan fingerprint density at radius 1 is 1.19 bits per heavy atom. The van der Waals surface area contributed by atoms with Crippen molar-refractivity contribution in [2.24, 2.45) is 0 Å². The topological polar surface area (TPSA) is 97.4 Å². The van der Waals surface area contributed by atoms with E-state index in [1.54, 1.807) is 23.1 Å². The molecular weight excluding hydrogens is 392 g/mol. The molecule has 0 radical (unpaired) electrons. The molecule has 8 heteroatoms. The molecule has 158 valence electrons. The molecule has 1 aliphatic heterocycles. The average molecular weight is 416 g/mol. The number of nitrogens with one attached hydrogen (secondary N) is 1. The van der Waals surface area contributed by atoms with Crippen molar-refractivity contribution in [2.45, 2.75) is 44.2 Å². The van der Waals surface area contributed by atoms with Gasteiger partial charge in [0, 0.05) is 24.6 Å². The third-order valence-electron chi connectivity index (χ3n) is 5.90. The predicted octanol–water partition coefficient (Wildman–Crippen LogP) is 3.60. The maximum atomic E-state index is 9.54. The number of fused-ring (bicyclic) bond motifs is 1. The van der Waals surface area contributed by atoms with Gasteiger partial charge >= 0.3 is 0 Å². The summed E-state index contributed by atoms with van der Waals surface area (Å²) >= 11 is 0. The van der Waals surface area contributed by atoms with Gasteiger partial charge in [0.25, 0.3) is 0 Å². The fourth-order valence-corrected chi connectivity index (χ4v) is 4.28. The minimum Gasteiger partial charge on any atom is -0.488 e. The molecule has 0 bridgehead atoms. The molecule has 0 amide bonds. The van der Waals surface area contributed by atoms with E-state index in [-0.39, 0.29) is 6.10 Å². The molecule has 0 unspecified atom stereocenters. The van der Waals surface area contributed by atoms with Crippen LogP contribution in [0.2, 0.25) is 0 Å². The lowest BCUT2D eigenvalue weighted by Crippen LogP contribution is -2.31. The number of ether oxygens (including phenoxy) is 2. The van der Waals surface area contributed by atoms with Gasteiger partial charge in [0.05, 0.1) is 25.5 Å². The van der Waals surface area contributed by atoms with Crippen molar-refractivity contribution in [1.82, 2.24) is 19.6 Å². The lowest BCUT2D eigenvalue weighted by molar-refractivity contribution is 0.151. The fraction of sp³-hybridized carbons (Fsp3) is 0.391. The van der Waals surface area contributed by atoms with Crippen LogP contribution in [0.4, 0.5) is 5.95 Å². The van der Waals surface area contributed by atoms with E-state index in [1.807, 2.05) is 12.3 Å². The van der Waals surface area contributed by atoms with Gasteiger partial charge in [-0.15, -0.1) is 0 Å². The van der Waals surface area contributed by atoms with E-state index >= 15 is 0 Å². The maximum absolute atomic E-state index is 9.54. The highest BCUT2D eigenvalue weighted by atomic mass is 16.5. The first kappa shape index (κ1) is 19.5. The van der Waals surface area contributed by atoms with Gasteiger partial charge in [-0.2, -0.15) is 10.4 Å². The van der Waals surface area contributed by atoms with E-state index in [9.17, 15) is 5.26 Å². The van der Waals surface area contributed by atoms with Gasteiger partial charge < -0.3 is 14.8 Å². The lowest BCUT2D eigenvalue weighted by Gasteiger charge is -2.30. The number of hydrogen-bond acceptors (Lipinski definition) is 7. The second kappa shape index (κ2) is 8.74. The van der Waals surface area contributed by atoms with Crippen LogP contribution >= 0.6 is 0 Å². The molecule has 3 aromatic rings. The van der Waals surface area contributed by atoms with Crippen LogP contribution < -0.4 is 10.1 Å². The molecule has 1 aliphatic carbocycles. The lowest BCUT2D eigenvalue weighted by atomic mass is 9.93. The van der Waals surface area contributed by atoms with Crippen LogP contribution in [0.1, 0.15) is 43.2 Å². The van der Waals surface area contributed by atoms with Crippen molar-refractivity contribution >= 4 is 17.0 Å². The smallest absolute Gasteiger partial charge is 0.222 e. The number of nitrogens with zero attached hydrogens (tertiary/aromatic N) is 5. The highest BCUT2D eigenvalue weighted by Crippen LogP contribution is 2.33. The summed E-state index contributed by atoms with van der Waals surface area (Å²) in [4.78, 5) is 8.51. The van der Waals surface area contributed by atoms with E-state index in [4.69, 9.17) is 9.47 Å². The van der Waals surface area contributed by atoms with E-state index in [1.165, 1.54) is 5.57 Å². The number of hydrogen-bond donors (Lipinski definition) is 1. The van der Waals surface area contributed by atoms with E-state index in [0.717, 1.165) is 48.9 Å². The van der Waals surface area contributed by atoms with Crippen molar-refractivity contribution in [1.29, 1.82) is 5.26 Å². The first-order valence-electron chi connectivity index (χ1n) is 10.7. The Hall–Kier alpha value is -3.44. The molecule has 0 atom stereocenters. The minimum atomic E-state index is 0.0962. The Kier molecular flexibility index (Phi) is 5.50. The van der Waals surface area contributed by atoms with Gasteiger partial charge in [-0.05, 0) is 55.4 Å². The summed E-state index contributed by atoms with van der Waals surface area (Å²) in [6.07, 6.45) is 13.9. The zero-order valence-electron chi connectivity index (χ0n) is 17.2. The van der Waals surface area contributed by atoms with Gasteiger partial charge in [0.2, 0.25) is 5.95 Å². The SMILES string of the molecule is N#Cc1cnn2cc(C3=CCOCC3)cc(OC3CCC(Nc4ncccn4)CC3)c12. The maximum Gasteiger partial charge on any atom is 0.222 e. The summed E-state index contributed by atoms with van der Waals surface area (Å²) in [7, 11) is 0. The first-order valence-corrected chi connectivity index (χ1v) is 10.7. The van der Waals surface area contributed by atoms with Gasteiger partial charge in [0.1, 0.15) is 22.9 Å². The molecule has 8 nitrogen and oxygen atoms in total. The van der Waals surface area contributed by atoms with Crippen LogP contribution in [0.5, 0.6) is 5.75 Å². The Morgan fingerprint density at radius 3 is 2.77 bits per heavy atom. The molecule has 3 aromatic heterocycles. The number of pyridine rings is 1. The summed E-state index contributed by atoms with van der Waals surface area (Å²) < 4.78 is 13.7. The predicted molar refractivity (Wildman–Crippen MR) is 116 cm³/mol. The molecule has 31 heavy (non-hydrogen) atoms. The number of aromatic nitrogens is 4. The molecule has 5 rings (SSSR count). The van der Waals surface area contributed by atoms with E-state index in [0.29, 0.717) is 30.8 Å². The Balaban J connectivity index is 1.34.